The van der Waals surface area contributed by atoms with Crippen molar-refractivity contribution in [2.24, 2.45) is 0 Å². The van der Waals surface area contributed by atoms with Crippen LogP contribution in [-0.2, 0) is 0 Å². The summed E-state index contributed by atoms with van der Waals surface area (Å²) in [6, 6.07) is 64.3. The molecule has 52 heavy (non-hydrogen) atoms. The van der Waals surface area contributed by atoms with E-state index in [1.807, 2.05) is 60.7 Å². The van der Waals surface area contributed by atoms with E-state index in [1.54, 1.807) is 0 Å². The summed E-state index contributed by atoms with van der Waals surface area (Å²) in [5.74, 6) is 3.33. The lowest BCUT2D eigenvalue weighted by Gasteiger charge is -2.08. The molecule has 0 saturated carbocycles. The molecule has 0 atom stereocenters. The molecule has 242 valence electrons. The maximum Gasteiger partial charge on any atom is 0.127 e. The van der Waals surface area contributed by atoms with E-state index in [4.69, 9.17) is 9.47 Å². The van der Waals surface area contributed by atoms with Gasteiger partial charge in [0.05, 0.1) is 0 Å². The van der Waals surface area contributed by atoms with Crippen molar-refractivity contribution in [2.45, 2.75) is 0 Å². The number of para-hydroxylation sites is 2. The summed E-state index contributed by atoms with van der Waals surface area (Å²) in [7, 11) is 0. The highest BCUT2D eigenvalue weighted by Gasteiger charge is 2.22. The molecule has 11 rings (SSSR count). The molecule has 0 N–H and O–H groups in total. The van der Waals surface area contributed by atoms with Crippen LogP contribution in [-0.4, -0.2) is 0 Å². The van der Waals surface area contributed by atoms with Crippen molar-refractivity contribution in [1.29, 1.82) is 0 Å². The second-order valence-electron chi connectivity index (χ2n) is 13.6. The molecule has 0 aromatic heterocycles. The van der Waals surface area contributed by atoms with Gasteiger partial charge in [-0.1, -0.05) is 121 Å². The van der Waals surface area contributed by atoms with Gasteiger partial charge in [-0.25, -0.2) is 0 Å². The van der Waals surface area contributed by atoms with Crippen LogP contribution in [0, 0.1) is 0 Å². The fourth-order valence-electron chi connectivity index (χ4n) is 8.35. The zero-order chi connectivity index (χ0) is 34.2. The first-order valence-electron chi connectivity index (χ1n) is 17.7. The van der Waals surface area contributed by atoms with E-state index in [9.17, 15) is 0 Å². The molecule has 0 heterocycles. The molecule has 0 aliphatic rings. The molecule has 11 aromatic rings. The lowest BCUT2D eigenvalue weighted by atomic mass is 9.95. The van der Waals surface area contributed by atoms with Crippen LogP contribution >= 0.6 is 0 Å². The van der Waals surface area contributed by atoms with Crippen molar-refractivity contribution in [3.63, 3.8) is 0 Å². The molecule has 0 aliphatic carbocycles. The Bertz CT molecular complexity index is 2860. The van der Waals surface area contributed by atoms with Gasteiger partial charge in [0.25, 0.3) is 0 Å². The standard InChI is InChI=1S/C50H30O2/c1-3-9-35(10-4-1)51-37-23-17-31(18-24-37)33-21-27-41-45(29-33)39-13-7-15-43-47(39)49(41)44-16-8-14-40-46-30-34(22-28-42(46)50(43)48(40)44)32-19-25-38(26-20-32)52-36-11-5-2-6-12-36/h1-30H. The molecule has 0 bridgehead atoms. The van der Waals surface area contributed by atoms with Crippen LogP contribution < -0.4 is 9.47 Å². The highest BCUT2D eigenvalue weighted by atomic mass is 16.5. The molecule has 11 aromatic carbocycles. The fourth-order valence-corrected chi connectivity index (χ4v) is 8.35. The van der Waals surface area contributed by atoms with Crippen LogP contribution in [0.2, 0.25) is 0 Å². The topological polar surface area (TPSA) is 18.5 Å². The second kappa shape index (κ2) is 11.3. The van der Waals surface area contributed by atoms with E-state index in [0.29, 0.717) is 0 Å². The summed E-state index contributed by atoms with van der Waals surface area (Å²) >= 11 is 0. The summed E-state index contributed by atoms with van der Waals surface area (Å²) < 4.78 is 12.1. The minimum absolute atomic E-state index is 0.830. The van der Waals surface area contributed by atoms with Crippen LogP contribution in [0.4, 0.5) is 0 Å². The number of fused-ring (bicyclic) bond motifs is 8. The first-order valence-corrected chi connectivity index (χ1v) is 17.7. The van der Waals surface area contributed by atoms with E-state index < -0.39 is 0 Å². The molecule has 0 spiro atoms. The smallest absolute Gasteiger partial charge is 0.127 e. The van der Waals surface area contributed by atoms with E-state index in [0.717, 1.165) is 23.0 Å². The Morgan fingerprint density at radius 1 is 0.212 bits per heavy atom. The molecule has 0 aliphatic heterocycles. The molecule has 0 fully saturated rings. The van der Waals surface area contributed by atoms with Crippen molar-refractivity contribution in [2.75, 3.05) is 0 Å². The Hall–Kier alpha value is -6.90. The van der Waals surface area contributed by atoms with E-state index >= 15 is 0 Å². The van der Waals surface area contributed by atoms with Crippen LogP contribution in [0.5, 0.6) is 23.0 Å². The van der Waals surface area contributed by atoms with Gasteiger partial charge in [-0.2, -0.15) is 0 Å². The van der Waals surface area contributed by atoms with Gasteiger partial charge in [-0.3, -0.25) is 0 Å². The molecule has 0 saturated heterocycles. The van der Waals surface area contributed by atoms with Crippen molar-refractivity contribution in [3.8, 4) is 45.3 Å². The number of rotatable bonds is 6. The Morgan fingerprint density at radius 3 is 0.942 bits per heavy atom. The number of benzene rings is 9. The monoisotopic (exact) mass is 662 g/mol. The second-order valence-corrected chi connectivity index (χ2v) is 13.6. The predicted molar refractivity (Wildman–Crippen MR) is 218 cm³/mol. The summed E-state index contributed by atoms with van der Waals surface area (Å²) in [5.41, 5.74) is 4.74. The maximum absolute atomic E-state index is 6.06. The van der Waals surface area contributed by atoms with Gasteiger partial charge in [0, 0.05) is 0 Å². The normalized spacial score (nSPS) is 11.8. The third-order valence-corrected chi connectivity index (χ3v) is 10.7. The van der Waals surface area contributed by atoms with E-state index in [-0.39, 0.29) is 0 Å². The maximum atomic E-state index is 6.06. The summed E-state index contributed by atoms with van der Waals surface area (Å²) in [6.45, 7) is 0. The molecular formula is C50H30O2. The predicted octanol–water partition coefficient (Wildman–Crippen LogP) is 14.4. The average molecular weight is 663 g/mol. The lowest BCUT2D eigenvalue weighted by molar-refractivity contribution is 0.482. The third kappa shape index (κ3) is 4.44. The number of hydrogen-bond acceptors (Lipinski definition) is 2. The fraction of sp³-hybridized carbons (Fsp3) is 0. The van der Waals surface area contributed by atoms with Gasteiger partial charge in [-0.05, 0) is 148 Å². The van der Waals surface area contributed by atoms with E-state index in [2.05, 4.69) is 121 Å². The number of ether oxygens (including phenoxy) is 2. The first-order chi connectivity index (χ1) is 25.8. The van der Waals surface area contributed by atoms with Gasteiger partial charge < -0.3 is 9.47 Å². The van der Waals surface area contributed by atoms with Crippen molar-refractivity contribution in [1.82, 2.24) is 0 Å². The van der Waals surface area contributed by atoms with E-state index in [1.165, 1.54) is 86.9 Å². The average Bonchev–Trinajstić information content (AvgIpc) is 3.72. The molecule has 0 radical (unpaired) electrons. The molecular weight excluding hydrogens is 633 g/mol. The Morgan fingerprint density at radius 2 is 0.538 bits per heavy atom. The first kappa shape index (κ1) is 28.9. The van der Waals surface area contributed by atoms with Crippen LogP contribution in [0.15, 0.2) is 182 Å². The summed E-state index contributed by atoms with van der Waals surface area (Å²) in [6.07, 6.45) is 0. The van der Waals surface area contributed by atoms with Gasteiger partial charge in [0.15, 0.2) is 0 Å². The van der Waals surface area contributed by atoms with Crippen LogP contribution in [0.1, 0.15) is 0 Å². The van der Waals surface area contributed by atoms with Crippen molar-refractivity contribution < 1.29 is 9.47 Å². The highest BCUT2D eigenvalue weighted by Crippen LogP contribution is 2.50. The highest BCUT2D eigenvalue weighted by molar-refractivity contribution is 6.47. The third-order valence-electron chi connectivity index (χ3n) is 10.7. The SMILES string of the molecule is c1ccc(Oc2ccc(-c3ccc4c(c3)c3cccc5c3c4c3cccc4c6cc(-c7ccc(Oc8ccccc8)cc7)ccc6c5c43)cc2)cc1. The van der Waals surface area contributed by atoms with Gasteiger partial charge in [0.1, 0.15) is 23.0 Å². The van der Waals surface area contributed by atoms with Gasteiger partial charge in [-0.15, -0.1) is 0 Å². The quantitative estimate of drug-likeness (QED) is 0.165. The van der Waals surface area contributed by atoms with Crippen molar-refractivity contribution >= 4 is 64.6 Å². The zero-order valence-corrected chi connectivity index (χ0v) is 28.1. The lowest BCUT2D eigenvalue weighted by Crippen LogP contribution is -1.84. The number of hydrogen-bond donors (Lipinski definition) is 0. The van der Waals surface area contributed by atoms with Crippen LogP contribution in [0.25, 0.3) is 86.9 Å². The summed E-state index contributed by atoms with van der Waals surface area (Å²) in [5, 5.41) is 15.9. The minimum atomic E-state index is 0.830. The Kier molecular flexibility index (Phi) is 6.28. The Balaban J connectivity index is 1.03. The van der Waals surface area contributed by atoms with Crippen LogP contribution in [0.3, 0.4) is 0 Å². The van der Waals surface area contributed by atoms with Crippen molar-refractivity contribution in [3.05, 3.63) is 182 Å². The zero-order valence-electron chi connectivity index (χ0n) is 28.1. The molecule has 0 unspecified atom stereocenters. The van der Waals surface area contributed by atoms with Gasteiger partial charge >= 0.3 is 0 Å². The minimum Gasteiger partial charge on any atom is -0.457 e. The Labute approximate surface area is 300 Å². The molecule has 0 amide bonds. The molecule has 2 nitrogen and oxygen atoms in total. The van der Waals surface area contributed by atoms with Gasteiger partial charge in [0.2, 0.25) is 0 Å². The largest absolute Gasteiger partial charge is 0.457 e. The summed E-state index contributed by atoms with van der Waals surface area (Å²) in [4.78, 5) is 0. The molecule has 2 heteroatoms.